The van der Waals surface area contributed by atoms with Crippen LogP contribution >= 0.6 is 0 Å². The Morgan fingerprint density at radius 2 is 2.12 bits per heavy atom. The number of anilines is 1. The van der Waals surface area contributed by atoms with Crippen LogP contribution in [0.5, 0.6) is 5.75 Å². The Balaban J connectivity index is 1.50. The number of nitrogens with zero attached hydrogens (tertiary/aromatic N) is 1. The summed E-state index contributed by atoms with van der Waals surface area (Å²) in [5.41, 5.74) is -0.00904. The first-order valence-electron chi connectivity index (χ1n) is 8.74. The Hall–Kier alpha value is -2.64. The van der Waals surface area contributed by atoms with Crippen LogP contribution in [-0.2, 0) is 14.3 Å². The number of non-ortho nitro benzene ring substituents is 1. The number of nitrogens with one attached hydrogen (secondary N) is 1. The van der Waals surface area contributed by atoms with Crippen molar-refractivity contribution in [1.82, 2.24) is 0 Å². The number of fused-ring (bicyclic) bond motifs is 2. The Morgan fingerprint density at radius 3 is 2.73 bits per heavy atom. The molecule has 1 N–H and O–H groups in total. The summed E-state index contributed by atoms with van der Waals surface area (Å²) in [6.45, 7) is -0.425. The van der Waals surface area contributed by atoms with Gasteiger partial charge in [0.25, 0.3) is 11.6 Å². The number of nitro groups is 1. The lowest BCUT2D eigenvalue weighted by Crippen LogP contribution is -2.23. The molecular weight excluding hydrogens is 340 g/mol. The maximum absolute atomic E-state index is 12.0. The number of methoxy groups -OCH3 is 1. The van der Waals surface area contributed by atoms with Crippen LogP contribution in [0.1, 0.15) is 32.1 Å². The smallest absolute Gasteiger partial charge is 0.306 e. The van der Waals surface area contributed by atoms with Crippen LogP contribution in [0, 0.1) is 27.9 Å². The van der Waals surface area contributed by atoms with Gasteiger partial charge in [0.1, 0.15) is 5.75 Å². The fourth-order valence-corrected chi connectivity index (χ4v) is 4.14. The summed E-state index contributed by atoms with van der Waals surface area (Å²) in [6, 6.07) is 3.88. The summed E-state index contributed by atoms with van der Waals surface area (Å²) in [7, 11) is 1.40. The summed E-state index contributed by atoms with van der Waals surface area (Å²) >= 11 is 0. The summed E-state index contributed by atoms with van der Waals surface area (Å²) in [6.07, 6.45) is 5.11. The van der Waals surface area contributed by atoms with Gasteiger partial charge in [0.15, 0.2) is 6.61 Å². The Morgan fingerprint density at radius 1 is 1.31 bits per heavy atom. The van der Waals surface area contributed by atoms with Gasteiger partial charge in [0, 0.05) is 18.6 Å². The van der Waals surface area contributed by atoms with Crippen molar-refractivity contribution in [3.63, 3.8) is 0 Å². The van der Waals surface area contributed by atoms with Gasteiger partial charge < -0.3 is 14.8 Å². The highest BCUT2D eigenvalue weighted by molar-refractivity contribution is 5.94. The van der Waals surface area contributed by atoms with E-state index in [-0.39, 0.29) is 23.1 Å². The van der Waals surface area contributed by atoms with E-state index in [0.29, 0.717) is 18.3 Å². The number of hydrogen-bond acceptors (Lipinski definition) is 6. The van der Waals surface area contributed by atoms with Crippen molar-refractivity contribution < 1.29 is 24.0 Å². The highest BCUT2D eigenvalue weighted by atomic mass is 16.6. The average molecular weight is 362 g/mol. The second-order valence-corrected chi connectivity index (χ2v) is 6.99. The molecule has 0 saturated heterocycles. The molecular formula is C18H22N2O6. The third kappa shape index (κ3) is 4.12. The zero-order valence-electron chi connectivity index (χ0n) is 14.6. The van der Waals surface area contributed by atoms with Crippen LogP contribution < -0.4 is 10.1 Å². The summed E-state index contributed by atoms with van der Waals surface area (Å²) in [5, 5.41) is 13.3. The normalized spacial score (nSPS) is 23.5. The molecule has 2 bridgehead atoms. The quantitative estimate of drug-likeness (QED) is 0.454. The molecule has 0 heterocycles. The molecule has 0 aromatic heterocycles. The number of ether oxygens (including phenoxy) is 2. The maximum atomic E-state index is 12.0. The minimum absolute atomic E-state index is 0.163. The number of carbonyl (C=O) groups excluding carboxylic acids is 2. The number of amides is 1. The molecule has 3 rings (SSSR count). The molecule has 2 saturated carbocycles. The molecule has 0 spiro atoms. The van der Waals surface area contributed by atoms with Crippen LogP contribution in [0.15, 0.2) is 18.2 Å². The number of carbonyl (C=O) groups is 2. The fraction of sp³-hybridized carbons (Fsp3) is 0.556. The largest absolute Gasteiger partial charge is 0.495 e. The number of nitro benzene ring substituents is 1. The lowest BCUT2D eigenvalue weighted by molar-refractivity contribution is -0.384. The van der Waals surface area contributed by atoms with Crippen molar-refractivity contribution in [3.8, 4) is 5.75 Å². The van der Waals surface area contributed by atoms with Crippen molar-refractivity contribution in [1.29, 1.82) is 0 Å². The van der Waals surface area contributed by atoms with Crippen LogP contribution in [0.3, 0.4) is 0 Å². The molecule has 0 aliphatic heterocycles. The summed E-state index contributed by atoms with van der Waals surface area (Å²) in [4.78, 5) is 34.3. The number of hydrogen-bond donors (Lipinski definition) is 1. The third-order valence-corrected chi connectivity index (χ3v) is 5.35. The molecule has 2 aliphatic rings. The molecule has 0 unspecified atom stereocenters. The zero-order chi connectivity index (χ0) is 18.7. The number of benzene rings is 1. The molecule has 8 nitrogen and oxygen atoms in total. The third-order valence-electron chi connectivity index (χ3n) is 5.35. The molecule has 8 heteroatoms. The van der Waals surface area contributed by atoms with E-state index in [4.69, 9.17) is 9.47 Å². The van der Waals surface area contributed by atoms with Crippen LogP contribution in [0.2, 0.25) is 0 Å². The van der Waals surface area contributed by atoms with Crippen molar-refractivity contribution in [2.45, 2.75) is 32.1 Å². The molecule has 1 amide bonds. The molecule has 1 aromatic carbocycles. The van der Waals surface area contributed by atoms with Gasteiger partial charge in [-0.15, -0.1) is 0 Å². The van der Waals surface area contributed by atoms with Gasteiger partial charge in [-0.25, -0.2) is 0 Å². The van der Waals surface area contributed by atoms with Crippen LogP contribution in [0.4, 0.5) is 11.4 Å². The molecule has 1 aromatic rings. The van der Waals surface area contributed by atoms with Gasteiger partial charge in [-0.1, -0.05) is 6.42 Å². The van der Waals surface area contributed by atoms with Crippen molar-refractivity contribution in [3.05, 3.63) is 28.3 Å². The lowest BCUT2D eigenvalue weighted by atomic mass is 9.86. The Labute approximate surface area is 151 Å². The van der Waals surface area contributed by atoms with Crippen molar-refractivity contribution >= 4 is 23.3 Å². The van der Waals surface area contributed by atoms with E-state index in [1.807, 2.05) is 0 Å². The Bertz CT molecular complexity index is 720. The first-order chi connectivity index (χ1) is 12.5. The molecule has 2 aliphatic carbocycles. The monoisotopic (exact) mass is 362 g/mol. The van der Waals surface area contributed by atoms with Gasteiger partial charge in [-0.3, -0.25) is 19.7 Å². The van der Waals surface area contributed by atoms with Gasteiger partial charge in [0.2, 0.25) is 0 Å². The van der Waals surface area contributed by atoms with E-state index in [2.05, 4.69) is 5.32 Å². The highest BCUT2D eigenvalue weighted by Gasteiger charge is 2.40. The van der Waals surface area contributed by atoms with Crippen LogP contribution in [-0.4, -0.2) is 30.5 Å². The van der Waals surface area contributed by atoms with Crippen molar-refractivity contribution in [2.75, 3.05) is 19.0 Å². The molecule has 3 atom stereocenters. The second-order valence-electron chi connectivity index (χ2n) is 6.99. The van der Waals surface area contributed by atoms with Crippen molar-refractivity contribution in [2.24, 2.45) is 17.8 Å². The minimum Gasteiger partial charge on any atom is -0.495 e. The average Bonchev–Trinajstić information content (AvgIpc) is 3.22. The first-order valence-corrected chi connectivity index (χ1v) is 8.74. The lowest BCUT2D eigenvalue weighted by Gasteiger charge is -2.20. The number of esters is 1. The predicted octanol–water partition coefficient (Wildman–Crippen LogP) is 2.91. The topological polar surface area (TPSA) is 108 Å². The summed E-state index contributed by atoms with van der Waals surface area (Å²) < 4.78 is 10.1. The van der Waals surface area contributed by atoms with Gasteiger partial charge >= 0.3 is 5.97 Å². The van der Waals surface area contributed by atoms with Gasteiger partial charge in [-0.2, -0.15) is 0 Å². The van der Waals surface area contributed by atoms with E-state index in [1.54, 1.807) is 0 Å². The predicted molar refractivity (Wildman–Crippen MR) is 92.8 cm³/mol. The summed E-state index contributed by atoms with van der Waals surface area (Å²) in [5.74, 6) is 1.10. The fourth-order valence-electron chi connectivity index (χ4n) is 4.14. The molecule has 140 valence electrons. The SMILES string of the molecule is COc1ccc([N+](=O)[O-])cc1NC(=O)COC(=O)C[C@@H]1C[C@@H]2CC[C@@H]1C2. The molecule has 26 heavy (non-hydrogen) atoms. The second kappa shape index (κ2) is 7.72. The van der Waals surface area contributed by atoms with E-state index in [0.717, 1.165) is 12.3 Å². The molecule has 2 fully saturated rings. The van der Waals surface area contributed by atoms with Gasteiger partial charge in [-0.05, 0) is 43.1 Å². The van der Waals surface area contributed by atoms with E-state index >= 15 is 0 Å². The number of rotatable bonds is 7. The van der Waals surface area contributed by atoms with E-state index < -0.39 is 17.4 Å². The zero-order valence-corrected chi connectivity index (χ0v) is 14.6. The maximum Gasteiger partial charge on any atom is 0.306 e. The Kier molecular flexibility index (Phi) is 5.39. The van der Waals surface area contributed by atoms with E-state index in [9.17, 15) is 19.7 Å². The van der Waals surface area contributed by atoms with E-state index in [1.165, 1.54) is 44.6 Å². The first kappa shape index (κ1) is 18.2. The minimum atomic E-state index is -0.565. The standard InChI is InChI=1S/C18H22N2O6/c1-25-16-5-4-14(20(23)24)9-15(16)19-17(21)10-26-18(22)8-13-7-11-2-3-12(13)6-11/h4-5,9,11-13H,2-3,6-8,10H2,1H3,(H,19,21)/t11-,12-,13+/m1/s1. The highest BCUT2D eigenvalue weighted by Crippen LogP contribution is 2.49. The van der Waals surface area contributed by atoms with Gasteiger partial charge in [0.05, 0.1) is 17.7 Å². The molecule has 0 radical (unpaired) electrons. The van der Waals surface area contributed by atoms with Crippen LogP contribution in [0.25, 0.3) is 0 Å².